The molecular weight excluding hydrogens is 403 g/mol. The van der Waals surface area contributed by atoms with Crippen molar-refractivity contribution in [3.8, 4) is 5.75 Å². The molecule has 2 heterocycles. The largest absolute Gasteiger partial charge is 0.497 e. The highest BCUT2D eigenvalue weighted by Crippen LogP contribution is 2.32. The number of fused-ring (bicyclic) bond motifs is 1. The van der Waals surface area contributed by atoms with Crippen molar-refractivity contribution >= 4 is 5.97 Å². The van der Waals surface area contributed by atoms with Crippen LogP contribution in [0.1, 0.15) is 24.8 Å². The summed E-state index contributed by atoms with van der Waals surface area (Å²) < 4.78 is 48.7. The maximum absolute atomic E-state index is 10.6. The summed E-state index contributed by atoms with van der Waals surface area (Å²) in [7, 11) is 1.70. The Bertz CT molecular complexity index is 680. The van der Waals surface area contributed by atoms with Crippen molar-refractivity contribution in [2.75, 3.05) is 26.9 Å². The van der Waals surface area contributed by atoms with E-state index >= 15 is 0 Å². The second-order valence-electron chi connectivity index (χ2n) is 7.18. The van der Waals surface area contributed by atoms with E-state index in [0.29, 0.717) is 25.4 Å². The summed E-state index contributed by atoms with van der Waals surface area (Å²) in [6.07, 6.45) is 0.716. The minimum Gasteiger partial charge on any atom is -0.497 e. The number of benzene rings is 1. The number of nitrogens with zero attached hydrogens (tertiary/aromatic N) is 1. The number of halogens is 3. The third-order valence-electron chi connectivity index (χ3n) is 5.08. The molecule has 0 unspecified atom stereocenters. The predicted molar refractivity (Wildman–Crippen MR) is 104 cm³/mol. The van der Waals surface area contributed by atoms with Crippen LogP contribution in [-0.2, 0) is 20.8 Å². The van der Waals surface area contributed by atoms with E-state index < -0.39 is 12.1 Å². The predicted octanol–water partition coefficient (Wildman–Crippen LogP) is 3.65. The van der Waals surface area contributed by atoms with Crippen molar-refractivity contribution < 1.29 is 37.3 Å². The van der Waals surface area contributed by atoms with Crippen molar-refractivity contribution in [3.63, 3.8) is 0 Å². The lowest BCUT2D eigenvalue weighted by Crippen LogP contribution is -2.43. The molecule has 3 atom stereocenters. The van der Waals surface area contributed by atoms with Crippen molar-refractivity contribution in [2.45, 2.75) is 50.2 Å². The van der Waals surface area contributed by atoms with Crippen LogP contribution in [0.4, 0.5) is 13.2 Å². The Kier molecular flexibility index (Phi) is 9.13. The summed E-state index contributed by atoms with van der Waals surface area (Å²) >= 11 is 0. The fraction of sp³-hybridized carbons (Fsp3) is 0.571. The van der Waals surface area contributed by atoms with Gasteiger partial charge in [0.15, 0.2) is 0 Å². The van der Waals surface area contributed by atoms with Gasteiger partial charge in [-0.3, -0.25) is 4.90 Å². The van der Waals surface area contributed by atoms with Crippen LogP contribution >= 0.6 is 0 Å². The van der Waals surface area contributed by atoms with Crippen LogP contribution in [0.5, 0.6) is 5.75 Å². The second-order valence-corrected chi connectivity index (χ2v) is 7.18. The number of aliphatic carboxylic acids is 1. The molecule has 0 bridgehead atoms. The topological polar surface area (TPSA) is 68.2 Å². The summed E-state index contributed by atoms with van der Waals surface area (Å²) in [5, 5.41) is 7.12. The molecular formula is C21H28F3NO5. The van der Waals surface area contributed by atoms with Crippen LogP contribution in [-0.4, -0.2) is 67.3 Å². The molecule has 1 aromatic carbocycles. The van der Waals surface area contributed by atoms with Crippen molar-refractivity contribution in [3.05, 3.63) is 42.5 Å². The van der Waals surface area contributed by atoms with Gasteiger partial charge in [-0.1, -0.05) is 18.2 Å². The van der Waals surface area contributed by atoms with Gasteiger partial charge in [-0.15, -0.1) is 6.58 Å². The molecule has 1 N–H and O–H groups in total. The highest BCUT2D eigenvalue weighted by atomic mass is 19.4. The maximum Gasteiger partial charge on any atom is 0.490 e. The van der Waals surface area contributed by atoms with E-state index in [1.165, 1.54) is 12.0 Å². The molecule has 0 amide bonds. The zero-order valence-corrected chi connectivity index (χ0v) is 16.9. The van der Waals surface area contributed by atoms with E-state index in [-0.39, 0.29) is 6.10 Å². The molecule has 2 fully saturated rings. The van der Waals surface area contributed by atoms with E-state index in [1.54, 1.807) is 13.2 Å². The lowest BCUT2D eigenvalue weighted by molar-refractivity contribution is -0.192. The molecule has 2 saturated heterocycles. The minimum absolute atomic E-state index is 0.247. The number of ether oxygens (including phenoxy) is 3. The van der Waals surface area contributed by atoms with Crippen LogP contribution in [0.15, 0.2) is 36.9 Å². The lowest BCUT2D eigenvalue weighted by atomic mass is 9.99. The number of alkyl halides is 3. The number of hydrogen-bond donors (Lipinski definition) is 1. The molecule has 0 aliphatic carbocycles. The summed E-state index contributed by atoms with van der Waals surface area (Å²) in [5.74, 6) is -1.84. The first-order valence-electron chi connectivity index (χ1n) is 9.75. The Balaban J connectivity index is 0.000000396. The molecule has 0 aromatic heterocycles. The molecule has 2 aliphatic rings. The minimum atomic E-state index is -5.08. The van der Waals surface area contributed by atoms with E-state index in [1.807, 2.05) is 12.1 Å². The molecule has 0 spiro atoms. The number of hydrogen-bond acceptors (Lipinski definition) is 5. The van der Waals surface area contributed by atoms with Gasteiger partial charge in [0.25, 0.3) is 0 Å². The molecule has 6 nitrogen and oxygen atoms in total. The van der Waals surface area contributed by atoms with Gasteiger partial charge < -0.3 is 19.3 Å². The molecule has 168 valence electrons. The van der Waals surface area contributed by atoms with Gasteiger partial charge >= 0.3 is 12.1 Å². The molecule has 2 aliphatic heterocycles. The number of carbonyl (C=O) groups is 1. The Morgan fingerprint density at radius 1 is 1.30 bits per heavy atom. The zero-order valence-electron chi connectivity index (χ0n) is 16.9. The molecule has 1 aromatic rings. The average Bonchev–Trinajstić information content (AvgIpc) is 3.10. The third-order valence-corrected chi connectivity index (χ3v) is 5.08. The van der Waals surface area contributed by atoms with Gasteiger partial charge in [-0.2, -0.15) is 13.2 Å². The monoisotopic (exact) mass is 431 g/mol. The Hall–Kier alpha value is -2.10. The maximum atomic E-state index is 10.6. The number of likely N-dealkylation sites (tertiary alicyclic amines) is 1. The zero-order chi connectivity index (χ0) is 22.1. The van der Waals surface area contributed by atoms with E-state index in [0.717, 1.165) is 31.7 Å². The average molecular weight is 431 g/mol. The van der Waals surface area contributed by atoms with Gasteiger partial charge in [0, 0.05) is 19.1 Å². The fourth-order valence-electron chi connectivity index (χ4n) is 3.65. The normalized spacial score (nSPS) is 23.8. The molecule has 0 radical (unpaired) electrons. The summed E-state index contributed by atoms with van der Waals surface area (Å²) in [4.78, 5) is 11.5. The Morgan fingerprint density at radius 3 is 2.53 bits per heavy atom. The van der Waals surface area contributed by atoms with Crippen molar-refractivity contribution in [1.29, 1.82) is 0 Å². The van der Waals surface area contributed by atoms with Crippen LogP contribution in [0.2, 0.25) is 0 Å². The lowest BCUT2D eigenvalue weighted by Gasteiger charge is -2.36. The summed E-state index contributed by atoms with van der Waals surface area (Å²) in [6.45, 7) is 7.08. The summed E-state index contributed by atoms with van der Waals surface area (Å²) in [6, 6.07) is 8.93. The number of methoxy groups -OCH3 is 1. The van der Waals surface area contributed by atoms with Crippen LogP contribution in [0, 0.1) is 0 Å². The van der Waals surface area contributed by atoms with Crippen LogP contribution in [0.3, 0.4) is 0 Å². The smallest absolute Gasteiger partial charge is 0.490 e. The Labute approximate surface area is 174 Å². The van der Waals surface area contributed by atoms with Gasteiger partial charge in [0.05, 0.1) is 32.5 Å². The first kappa shape index (κ1) is 24.2. The first-order chi connectivity index (χ1) is 14.2. The molecule has 30 heavy (non-hydrogen) atoms. The van der Waals surface area contributed by atoms with Gasteiger partial charge in [-0.25, -0.2) is 4.79 Å². The highest BCUT2D eigenvalue weighted by molar-refractivity contribution is 5.73. The highest BCUT2D eigenvalue weighted by Gasteiger charge is 2.39. The fourth-order valence-corrected chi connectivity index (χ4v) is 3.65. The van der Waals surface area contributed by atoms with Crippen LogP contribution in [0.25, 0.3) is 0 Å². The quantitative estimate of drug-likeness (QED) is 0.525. The van der Waals surface area contributed by atoms with Gasteiger partial charge in [0.1, 0.15) is 5.75 Å². The Morgan fingerprint density at radius 2 is 1.97 bits per heavy atom. The standard InChI is InChI=1S/C19H27NO3.C2HF3O2/c1-3-12-22-14-17-8-9-18-19(23-17)10-11-20(18)13-15-4-6-16(21-2)7-5-15;3-2(4,5)1(6)7/h3-7,17-19H,1,8-14H2,2H3;(H,6,7)/t17-,18-,19-;/m1./s1. The summed E-state index contributed by atoms with van der Waals surface area (Å²) in [5.41, 5.74) is 1.34. The van der Waals surface area contributed by atoms with Gasteiger partial charge in [0.2, 0.25) is 0 Å². The third kappa shape index (κ3) is 7.30. The van der Waals surface area contributed by atoms with E-state index in [2.05, 4.69) is 23.6 Å². The number of carboxylic acid groups (broad SMARTS) is 1. The van der Waals surface area contributed by atoms with Crippen molar-refractivity contribution in [2.24, 2.45) is 0 Å². The van der Waals surface area contributed by atoms with Crippen molar-refractivity contribution in [1.82, 2.24) is 4.90 Å². The number of carboxylic acids is 1. The molecule has 9 heteroatoms. The first-order valence-corrected chi connectivity index (χ1v) is 9.75. The SMILES string of the molecule is C=CCOC[C@H]1CC[C@@H]2[C@@H](CCN2Cc2ccc(OC)cc2)O1.O=C(O)C(F)(F)F. The van der Waals surface area contributed by atoms with Crippen LogP contribution < -0.4 is 4.74 Å². The van der Waals surface area contributed by atoms with E-state index in [4.69, 9.17) is 24.1 Å². The van der Waals surface area contributed by atoms with E-state index in [9.17, 15) is 13.2 Å². The molecule has 0 saturated carbocycles. The second kappa shape index (κ2) is 11.3. The van der Waals surface area contributed by atoms with Gasteiger partial charge in [-0.05, 0) is 37.0 Å². The number of rotatable bonds is 7. The molecule has 3 rings (SSSR count).